The van der Waals surface area contributed by atoms with Crippen LogP contribution in [0.25, 0.3) is 0 Å². The molecule has 0 saturated carbocycles. The van der Waals surface area contributed by atoms with Crippen molar-refractivity contribution in [3.05, 3.63) is 11.6 Å². The lowest BCUT2D eigenvalue weighted by atomic mass is 9.97. The van der Waals surface area contributed by atoms with Gasteiger partial charge in [0.1, 0.15) is 6.10 Å². The van der Waals surface area contributed by atoms with Gasteiger partial charge in [-0.05, 0) is 51.9 Å². The molecule has 0 N–H and O–H groups in total. The van der Waals surface area contributed by atoms with Crippen LogP contribution in [0.5, 0.6) is 0 Å². The standard InChI is InChI=1S/C15H28O2/c1-6-15(17-14(5)16)11-10-13(4)9-7-8-12(2)3/h8,13,15H,6-7,9-11H2,1-5H3/t13-,15?/m1/s1. The fraction of sp³-hybridized carbons (Fsp3) is 0.800. The third-order valence-electron chi connectivity index (χ3n) is 2.98. The van der Waals surface area contributed by atoms with Crippen LogP contribution in [0.1, 0.15) is 66.7 Å². The summed E-state index contributed by atoms with van der Waals surface area (Å²) in [4.78, 5) is 10.9. The lowest BCUT2D eigenvalue weighted by molar-refractivity contribution is -0.146. The van der Waals surface area contributed by atoms with Crippen molar-refractivity contribution in [3.63, 3.8) is 0 Å². The molecule has 0 bridgehead atoms. The van der Waals surface area contributed by atoms with E-state index in [4.69, 9.17) is 4.74 Å². The van der Waals surface area contributed by atoms with Crippen molar-refractivity contribution >= 4 is 5.97 Å². The van der Waals surface area contributed by atoms with Crippen LogP contribution in [-0.2, 0) is 9.53 Å². The molecule has 0 aliphatic heterocycles. The minimum atomic E-state index is -0.158. The van der Waals surface area contributed by atoms with Crippen molar-refractivity contribution in [2.24, 2.45) is 5.92 Å². The quantitative estimate of drug-likeness (QED) is 0.461. The number of carbonyl (C=O) groups is 1. The summed E-state index contributed by atoms with van der Waals surface area (Å²) in [5.41, 5.74) is 1.39. The molecule has 0 fully saturated rings. The highest BCUT2D eigenvalue weighted by molar-refractivity contribution is 5.66. The van der Waals surface area contributed by atoms with E-state index in [0.29, 0.717) is 5.92 Å². The van der Waals surface area contributed by atoms with E-state index in [2.05, 4.69) is 33.8 Å². The number of allylic oxidation sites excluding steroid dienone is 2. The van der Waals surface area contributed by atoms with E-state index in [-0.39, 0.29) is 12.1 Å². The lowest BCUT2D eigenvalue weighted by Crippen LogP contribution is -2.16. The van der Waals surface area contributed by atoms with Gasteiger partial charge >= 0.3 is 5.97 Å². The highest BCUT2D eigenvalue weighted by Crippen LogP contribution is 2.17. The van der Waals surface area contributed by atoms with Gasteiger partial charge in [-0.25, -0.2) is 0 Å². The average molecular weight is 240 g/mol. The second kappa shape index (κ2) is 9.26. The molecule has 0 heterocycles. The van der Waals surface area contributed by atoms with Crippen LogP contribution in [-0.4, -0.2) is 12.1 Å². The van der Waals surface area contributed by atoms with Gasteiger partial charge in [0.2, 0.25) is 0 Å². The van der Waals surface area contributed by atoms with E-state index in [0.717, 1.165) is 25.7 Å². The predicted octanol–water partition coefficient (Wildman–Crippen LogP) is 4.49. The summed E-state index contributed by atoms with van der Waals surface area (Å²) >= 11 is 0. The maximum Gasteiger partial charge on any atom is 0.302 e. The van der Waals surface area contributed by atoms with Gasteiger partial charge in [0.15, 0.2) is 0 Å². The summed E-state index contributed by atoms with van der Waals surface area (Å²) in [5, 5.41) is 0. The molecule has 2 heteroatoms. The van der Waals surface area contributed by atoms with Gasteiger partial charge in [-0.3, -0.25) is 4.79 Å². The zero-order valence-corrected chi connectivity index (χ0v) is 12.1. The zero-order chi connectivity index (χ0) is 13.3. The summed E-state index contributed by atoms with van der Waals surface area (Å²) in [6.07, 6.45) is 7.84. The SMILES string of the molecule is CCC(CC[C@H](C)CCC=C(C)C)OC(C)=O. The molecule has 0 aliphatic rings. The Morgan fingerprint density at radius 3 is 2.29 bits per heavy atom. The van der Waals surface area contributed by atoms with E-state index in [1.54, 1.807) is 0 Å². The minimum Gasteiger partial charge on any atom is -0.463 e. The summed E-state index contributed by atoms with van der Waals surface area (Å²) < 4.78 is 5.24. The number of hydrogen-bond donors (Lipinski definition) is 0. The van der Waals surface area contributed by atoms with Crippen LogP contribution >= 0.6 is 0 Å². The fourth-order valence-corrected chi connectivity index (χ4v) is 1.85. The maximum atomic E-state index is 10.9. The Kier molecular flexibility index (Phi) is 8.83. The van der Waals surface area contributed by atoms with Crippen molar-refractivity contribution in [2.45, 2.75) is 72.8 Å². The van der Waals surface area contributed by atoms with Crippen molar-refractivity contribution < 1.29 is 9.53 Å². The third-order valence-corrected chi connectivity index (χ3v) is 2.98. The molecule has 0 saturated heterocycles. The largest absolute Gasteiger partial charge is 0.463 e. The topological polar surface area (TPSA) is 26.3 Å². The Labute approximate surface area is 106 Å². The normalized spacial score (nSPS) is 13.9. The third kappa shape index (κ3) is 10.1. The molecule has 0 aromatic carbocycles. The first-order chi connectivity index (χ1) is 7.95. The van der Waals surface area contributed by atoms with Gasteiger partial charge in [0.05, 0.1) is 0 Å². The molecule has 0 spiro atoms. The Morgan fingerprint density at radius 2 is 1.82 bits per heavy atom. The van der Waals surface area contributed by atoms with Gasteiger partial charge < -0.3 is 4.74 Å². The van der Waals surface area contributed by atoms with E-state index in [1.165, 1.54) is 18.9 Å². The second-order valence-electron chi connectivity index (χ2n) is 5.18. The Bertz CT molecular complexity index is 239. The summed E-state index contributed by atoms with van der Waals surface area (Å²) in [7, 11) is 0. The number of carbonyl (C=O) groups excluding carboxylic acids is 1. The van der Waals surface area contributed by atoms with E-state index in [1.807, 2.05) is 0 Å². The summed E-state index contributed by atoms with van der Waals surface area (Å²) in [5.74, 6) is 0.546. The molecule has 0 aliphatic carbocycles. The van der Waals surface area contributed by atoms with Crippen molar-refractivity contribution in [1.82, 2.24) is 0 Å². The number of hydrogen-bond acceptors (Lipinski definition) is 2. The molecule has 2 atom stereocenters. The molecule has 0 rings (SSSR count). The minimum absolute atomic E-state index is 0.110. The Hall–Kier alpha value is -0.790. The van der Waals surface area contributed by atoms with Gasteiger partial charge in [-0.1, -0.05) is 25.5 Å². The highest BCUT2D eigenvalue weighted by Gasteiger charge is 2.11. The molecule has 100 valence electrons. The van der Waals surface area contributed by atoms with Crippen LogP contribution in [0.2, 0.25) is 0 Å². The van der Waals surface area contributed by atoms with Crippen LogP contribution < -0.4 is 0 Å². The van der Waals surface area contributed by atoms with Crippen molar-refractivity contribution in [1.29, 1.82) is 0 Å². The average Bonchev–Trinajstić information content (AvgIpc) is 2.23. The van der Waals surface area contributed by atoms with Crippen molar-refractivity contribution in [3.8, 4) is 0 Å². The Balaban J connectivity index is 3.76. The molecule has 1 unspecified atom stereocenters. The Morgan fingerprint density at radius 1 is 1.18 bits per heavy atom. The van der Waals surface area contributed by atoms with Crippen LogP contribution in [0.4, 0.5) is 0 Å². The molecular formula is C15H28O2. The van der Waals surface area contributed by atoms with Crippen LogP contribution in [0, 0.1) is 5.92 Å². The number of rotatable bonds is 8. The maximum absolute atomic E-state index is 10.9. The van der Waals surface area contributed by atoms with Gasteiger partial charge in [0, 0.05) is 6.92 Å². The first-order valence-electron chi connectivity index (χ1n) is 6.76. The first-order valence-corrected chi connectivity index (χ1v) is 6.76. The monoisotopic (exact) mass is 240 g/mol. The van der Waals surface area contributed by atoms with E-state index >= 15 is 0 Å². The molecule has 0 aromatic rings. The molecule has 0 aromatic heterocycles. The van der Waals surface area contributed by atoms with Gasteiger partial charge in [0.25, 0.3) is 0 Å². The lowest BCUT2D eigenvalue weighted by Gasteiger charge is -2.17. The molecule has 17 heavy (non-hydrogen) atoms. The van der Waals surface area contributed by atoms with E-state index in [9.17, 15) is 4.79 Å². The van der Waals surface area contributed by atoms with Crippen LogP contribution in [0.15, 0.2) is 11.6 Å². The molecule has 0 amide bonds. The fourth-order valence-electron chi connectivity index (χ4n) is 1.85. The number of esters is 1. The molecular weight excluding hydrogens is 212 g/mol. The predicted molar refractivity (Wildman–Crippen MR) is 72.9 cm³/mol. The number of ether oxygens (including phenoxy) is 1. The van der Waals surface area contributed by atoms with Crippen LogP contribution in [0.3, 0.4) is 0 Å². The van der Waals surface area contributed by atoms with E-state index < -0.39 is 0 Å². The summed E-state index contributed by atoms with van der Waals surface area (Å²) in [6, 6.07) is 0. The van der Waals surface area contributed by atoms with Gasteiger partial charge in [-0.2, -0.15) is 0 Å². The second-order valence-corrected chi connectivity index (χ2v) is 5.18. The molecule has 0 radical (unpaired) electrons. The zero-order valence-electron chi connectivity index (χ0n) is 12.1. The first kappa shape index (κ1) is 16.2. The smallest absolute Gasteiger partial charge is 0.302 e. The highest BCUT2D eigenvalue weighted by atomic mass is 16.5. The molecule has 2 nitrogen and oxygen atoms in total. The van der Waals surface area contributed by atoms with Crippen molar-refractivity contribution in [2.75, 3.05) is 0 Å². The summed E-state index contributed by atoms with van der Waals surface area (Å²) in [6.45, 7) is 10.1. The van der Waals surface area contributed by atoms with Gasteiger partial charge in [-0.15, -0.1) is 0 Å².